The minimum absolute atomic E-state index is 0.0822. The van der Waals surface area contributed by atoms with Crippen molar-refractivity contribution in [2.45, 2.75) is 25.3 Å². The van der Waals surface area contributed by atoms with Crippen LogP contribution in [0.2, 0.25) is 0 Å². The maximum atomic E-state index is 12.5. The maximum absolute atomic E-state index is 12.5. The highest BCUT2D eigenvalue weighted by Gasteiger charge is 2.34. The molecule has 23 heavy (non-hydrogen) atoms. The topological polar surface area (TPSA) is 54.5 Å². The van der Waals surface area contributed by atoms with Crippen molar-refractivity contribution in [3.8, 4) is 5.75 Å². The summed E-state index contributed by atoms with van der Waals surface area (Å²) in [5.41, 5.74) is 0.850. The van der Waals surface area contributed by atoms with Crippen LogP contribution in [0, 0.1) is 5.92 Å². The van der Waals surface area contributed by atoms with Crippen LogP contribution in [0.5, 0.6) is 5.75 Å². The van der Waals surface area contributed by atoms with Gasteiger partial charge in [-0.05, 0) is 49.4 Å². The predicted molar refractivity (Wildman–Crippen MR) is 91.0 cm³/mol. The molecule has 5 nitrogen and oxygen atoms in total. The Morgan fingerprint density at radius 3 is 2.96 bits per heavy atom. The molecular weight excluding hydrogens is 310 g/mol. The van der Waals surface area contributed by atoms with E-state index in [0.717, 1.165) is 28.1 Å². The van der Waals surface area contributed by atoms with Gasteiger partial charge in [0.2, 0.25) is 5.91 Å². The standard InChI is InChI=1S/C17H21N3O2S/c1-22-15-4-2-3-12-13(19-23-17(12)15)9-16(21)18-14-10-20-7-5-11(14)6-8-20/h2-4,11,14H,5-10H2,1H3,(H,18,21)/t14-/m0/s1. The predicted octanol–water partition coefficient (Wildman–Crippen LogP) is 2.06. The van der Waals surface area contributed by atoms with Gasteiger partial charge in [-0.2, -0.15) is 4.37 Å². The maximum Gasteiger partial charge on any atom is 0.226 e. The summed E-state index contributed by atoms with van der Waals surface area (Å²) in [7, 11) is 1.66. The van der Waals surface area contributed by atoms with E-state index in [1.807, 2.05) is 18.2 Å². The van der Waals surface area contributed by atoms with E-state index < -0.39 is 0 Å². The lowest BCUT2D eigenvalue weighted by Crippen LogP contribution is -2.57. The Morgan fingerprint density at radius 2 is 2.26 bits per heavy atom. The average molecular weight is 331 g/mol. The molecule has 4 heterocycles. The Balaban J connectivity index is 1.47. The molecule has 1 atom stereocenters. The lowest BCUT2D eigenvalue weighted by atomic mass is 9.84. The Kier molecular flexibility index (Phi) is 3.95. The first-order valence-corrected chi connectivity index (χ1v) is 8.95. The van der Waals surface area contributed by atoms with Gasteiger partial charge in [-0.25, -0.2) is 0 Å². The number of aromatic nitrogens is 1. The molecule has 3 fully saturated rings. The van der Waals surface area contributed by atoms with Crippen LogP contribution in [0.3, 0.4) is 0 Å². The van der Waals surface area contributed by atoms with Crippen LogP contribution in [-0.4, -0.2) is 48.0 Å². The van der Waals surface area contributed by atoms with Crippen LogP contribution in [0.25, 0.3) is 10.1 Å². The summed E-state index contributed by atoms with van der Waals surface area (Å²) < 4.78 is 10.9. The van der Waals surface area contributed by atoms with Crippen molar-refractivity contribution in [1.82, 2.24) is 14.6 Å². The van der Waals surface area contributed by atoms with Crippen molar-refractivity contribution in [3.63, 3.8) is 0 Å². The third kappa shape index (κ3) is 2.81. The minimum atomic E-state index is 0.0822. The molecule has 0 aliphatic carbocycles. The molecule has 5 rings (SSSR count). The Labute approximate surface area is 139 Å². The van der Waals surface area contributed by atoms with Crippen LogP contribution in [0.15, 0.2) is 18.2 Å². The van der Waals surface area contributed by atoms with E-state index in [9.17, 15) is 4.79 Å². The molecule has 1 aromatic heterocycles. The number of nitrogens with zero attached hydrogens (tertiary/aromatic N) is 2. The third-order valence-corrected chi connectivity index (χ3v) is 6.00. The van der Waals surface area contributed by atoms with E-state index in [0.29, 0.717) is 18.4 Å². The van der Waals surface area contributed by atoms with Crippen molar-refractivity contribution in [2.75, 3.05) is 26.7 Å². The Hall–Kier alpha value is -1.66. The van der Waals surface area contributed by atoms with E-state index in [1.165, 1.54) is 37.5 Å². The summed E-state index contributed by atoms with van der Waals surface area (Å²) in [5.74, 6) is 1.55. The van der Waals surface area contributed by atoms with Gasteiger partial charge in [0.25, 0.3) is 0 Å². The molecule has 0 radical (unpaired) electrons. The number of rotatable bonds is 4. The number of carbonyl (C=O) groups is 1. The lowest BCUT2D eigenvalue weighted by molar-refractivity contribution is -0.122. The molecule has 3 aliphatic rings. The van der Waals surface area contributed by atoms with Crippen molar-refractivity contribution < 1.29 is 9.53 Å². The van der Waals surface area contributed by atoms with Gasteiger partial charge in [0.1, 0.15) is 5.75 Å². The van der Waals surface area contributed by atoms with Crippen molar-refractivity contribution in [1.29, 1.82) is 0 Å². The number of amides is 1. The van der Waals surface area contributed by atoms with Gasteiger partial charge in [0, 0.05) is 18.0 Å². The van der Waals surface area contributed by atoms with Gasteiger partial charge < -0.3 is 15.0 Å². The first-order chi connectivity index (χ1) is 11.2. The normalized spacial score (nSPS) is 26.4. The van der Waals surface area contributed by atoms with Gasteiger partial charge >= 0.3 is 0 Å². The van der Waals surface area contributed by atoms with Crippen LogP contribution in [-0.2, 0) is 11.2 Å². The molecular formula is C17H21N3O2S. The molecule has 0 spiro atoms. The third-order valence-electron chi connectivity index (χ3n) is 5.09. The summed E-state index contributed by atoms with van der Waals surface area (Å²) in [5, 5.41) is 4.26. The number of nitrogens with one attached hydrogen (secondary N) is 1. The van der Waals surface area contributed by atoms with E-state index >= 15 is 0 Å². The molecule has 1 aromatic carbocycles. The zero-order chi connectivity index (χ0) is 15.8. The summed E-state index contributed by atoms with van der Waals surface area (Å²) in [6.07, 6.45) is 2.76. The molecule has 3 saturated heterocycles. The van der Waals surface area contributed by atoms with Crippen molar-refractivity contribution in [3.05, 3.63) is 23.9 Å². The molecule has 0 saturated carbocycles. The van der Waals surface area contributed by atoms with Crippen LogP contribution >= 0.6 is 11.5 Å². The highest BCUT2D eigenvalue weighted by Crippen LogP contribution is 2.32. The zero-order valence-electron chi connectivity index (χ0n) is 13.2. The van der Waals surface area contributed by atoms with Crippen LogP contribution in [0.1, 0.15) is 18.5 Å². The number of carbonyl (C=O) groups excluding carboxylic acids is 1. The van der Waals surface area contributed by atoms with E-state index in [1.54, 1.807) is 7.11 Å². The fourth-order valence-corrected chi connectivity index (χ4v) is 4.70. The number of piperidine rings is 3. The second-order valence-corrected chi connectivity index (χ2v) is 7.23. The Bertz CT molecular complexity index is 722. The molecule has 6 heteroatoms. The number of hydrogen-bond acceptors (Lipinski definition) is 5. The second kappa shape index (κ2) is 6.09. The number of benzene rings is 1. The molecule has 2 aromatic rings. The van der Waals surface area contributed by atoms with E-state index in [4.69, 9.17) is 4.74 Å². The Morgan fingerprint density at radius 1 is 1.43 bits per heavy atom. The molecule has 3 aliphatic heterocycles. The fourth-order valence-electron chi connectivity index (χ4n) is 3.81. The molecule has 1 N–H and O–H groups in total. The highest BCUT2D eigenvalue weighted by molar-refractivity contribution is 7.13. The SMILES string of the molecule is COc1cccc2c(CC(=O)N[C@H]3CN4CCC3CC4)nsc12. The molecule has 122 valence electrons. The number of ether oxygens (including phenoxy) is 1. The van der Waals surface area contributed by atoms with Crippen molar-refractivity contribution >= 4 is 27.5 Å². The fraction of sp³-hybridized carbons (Fsp3) is 0.529. The van der Waals surface area contributed by atoms with Crippen LogP contribution < -0.4 is 10.1 Å². The average Bonchev–Trinajstić information content (AvgIpc) is 2.99. The first-order valence-electron chi connectivity index (χ1n) is 8.17. The quantitative estimate of drug-likeness (QED) is 0.932. The lowest BCUT2D eigenvalue weighted by Gasteiger charge is -2.44. The minimum Gasteiger partial charge on any atom is -0.495 e. The zero-order valence-corrected chi connectivity index (χ0v) is 14.1. The van der Waals surface area contributed by atoms with Gasteiger partial charge in [-0.3, -0.25) is 4.79 Å². The molecule has 0 unspecified atom stereocenters. The summed E-state index contributed by atoms with van der Waals surface area (Å²) in [6, 6.07) is 6.20. The van der Waals surface area contributed by atoms with Crippen molar-refractivity contribution in [2.24, 2.45) is 5.92 Å². The molecule has 2 bridgehead atoms. The summed E-state index contributed by atoms with van der Waals surface area (Å²) in [6.45, 7) is 3.38. The van der Waals surface area contributed by atoms with Crippen LogP contribution in [0.4, 0.5) is 0 Å². The van der Waals surface area contributed by atoms with Gasteiger partial charge in [0.15, 0.2) is 0 Å². The summed E-state index contributed by atoms with van der Waals surface area (Å²) in [4.78, 5) is 14.9. The smallest absolute Gasteiger partial charge is 0.226 e. The van der Waals surface area contributed by atoms with Gasteiger partial charge in [-0.1, -0.05) is 12.1 Å². The second-order valence-electron chi connectivity index (χ2n) is 6.46. The number of fused-ring (bicyclic) bond motifs is 4. The van der Waals surface area contributed by atoms with Gasteiger partial charge in [-0.15, -0.1) is 0 Å². The highest BCUT2D eigenvalue weighted by atomic mass is 32.1. The van der Waals surface area contributed by atoms with E-state index in [2.05, 4.69) is 14.6 Å². The molecule has 1 amide bonds. The number of hydrogen-bond donors (Lipinski definition) is 1. The number of methoxy groups -OCH3 is 1. The summed E-state index contributed by atoms with van der Waals surface area (Å²) >= 11 is 1.40. The van der Waals surface area contributed by atoms with E-state index in [-0.39, 0.29) is 5.91 Å². The van der Waals surface area contributed by atoms with Gasteiger partial charge in [0.05, 0.1) is 23.9 Å². The first kappa shape index (κ1) is 14.9. The largest absolute Gasteiger partial charge is 0.495 e. The monoisotopic (exact) mass is 331 g/mol.